The third kappa shape index (κ3) is 2.92. The van der Waals surface area contributed by atoms with Gasteiger partial charge in [0.15, 0.2) is 0 Å². The lowest BCUT2D eigenvalue weighted by atomic mass is 9.84. The van der Waals surface area contributed by atoms with Gasteiger partial charge >= 0.3 is 0 Å². The number of amides is 1. The van der Waals surface area contributed by atoms with Crippen molar-refractivity contribution in [3.63, 3.8) is 0 Å². The van der Waals surface area contributed by atoms with Gasteiger partial charge in [0.05, 0.1) is 12.2 Å². The quantitative estimate of drug-likeness (QED) is 0.601. The molecule has 0 unspecified atom stereocenters. The maximum Gasteiger partial charge on any atom is 0.246 e. The van der Waals surface area contributed by atoms with Gasteiger partial charge in [0.1, 0.15) is 0 Å². The first-order chi connectivity index (χ1) is 13.8. The van der Waals surface area contributed by atoms with Crippen LogP contribution in [0, 0.1) is 0 Å². The minimum Gasteiger partial charge on any atom is -0.365 e. The van der Waals surface area contributed by atoms with Gasteiger partial charge in [0.25, 0.3) is 0 Å². The van der Waals surface area contributed by atoms with Crippen molar-refractivity contribution in [3.8, 4) is 0 Å². The van der Waals surface area contributed by atoms with E-state index in [9.17, 15) is 4.79 Å². The van der Waals surface area contributed by atoms with Crippen LogP contribution in [0.3, 0.4) is 0 Å². The number of rotatable bonds is 2. The van der Waals surface area contributed by atoms with Crippen LogP contribution in [0.4, 0.5) is 0 Å². The smallest absolute Gasteiger partial charge is 0.246 e. The lowest BCUT2D eigenvalue weighted by molar-refractivity contribution is -0.133. The third-order valence-corrected chi connectivity index (χ3v) is 6.12. The molecule has 2 aliphatic rings. The molecule has 1 fully saturated rings. The summed E-state index contributed by atoms with van der Waals surface area (Å²) >= 11 is 0. The zero-order valence-electron chi connectivity index (χ0n) is 15.8. The highest BCUT2D eigenvalue weighted by Crippen LogP contribution is 2.43. The Morgan fingerprint density at radius 2 is 1.68 bits per heavy atom. The number of likely N-dealkylation sites (tertiary alicyclic amines) is 1. The minimum absolute atomic E-state index is 0.0778. The molecule has 3 aromatic carbocycles. The van der Waals surface area contributed by atoms with Crippen LogP contribution in [0.5, 0.6) is 0 Å². The molecule has 2 heterocycles. The zero-order chi connectivity index (χ0) is 19.0. The standard InChI is InChI=1S/C25H23NO2/c27-24(13-12-20-9-5-8-19-6-1-3-10-22(19)20)26-16-14-25(15-17-26)23-11-4-2-7-21(23)18-28-25/h1-13H,14-18H2/b13-12+. The topological polar surface area (TPSA) is 29.5 Å². The number of hydrogen-bond donors (Lipinski definition) is 0. The van der Waals surface area contributed by atoms with Crippen LogP contribution in [-0.2, 0) is 21.7 Å². The number of ether oxygens (including phenoxy) is 1. The van der Waals surface area contributed by atoms with E-state index in [-0.39, 0.29) is 11.5 Å². The number of carbonyl (C=O) groups excluding carboxylic acids is 1. The van der Waals surface area contributed by atoms with Gasteiger partial charge < -0.3 is 9.64 Å². The van der Waals surface area contributed by atoms with E-state index in [1.165, 1.54) is 21.9 Å². The summed E-state index contributed by atoms with van der Waals surface area (Å²) in [4.78, 5) is 14.7. The number of hydrogen-bond acceptors (Lipinski definition) is 2. The van der Waals surface area contributed by atoms with Crippen molar-refractivity contribution in [2.24, 2.45) is 0 Å². The SMILES string of the molecule is O=C(/C=C/c1cccc2ccccc12)N1CCC2(CC1)OCc1ccccc12. The molecule has 28 heavy (non-hydrogen) atoms. The molecule has 0 bridgehead atoms. The number of piperidine rings is 1. The number of fused-ring (bicyclic) bond motifs is 3. The molecule has 0 N–H and O–H groups in total. The first-order valence-corrected chi connectivity index (χ1v) is 9.92. The molecule has 0 aliphatic carbocycles. The summed E-state index contributed by atoms with van der Waals surface area (Å²) in [5.41, 5.74) is 3.48. The van der Waals surface area contributed by atoms with Crippen LogP contribution in [0.1, 0.15) is 29.5 Å². The molecule has 2 aliphatic heterocycles. The predicted octanol–water partition coefficient (Wildman–Crippen LogP) is 4.90. The van der Waals surface area contributed by atoms with E-state index in [4.69, 9.17) is 4.74 Å². The summed E-state index contributed by atoms with van der Waals surface area (Å²) in [6, 6.07) is 22.9. The monoisotopic (exact) mass is 369 g/mol. The molecule has 0 saturated carbocycles. The van der Waals surface area contributed by atoms with Gasteiger partial charge in [0.2, 0.25) is 5.91 Å². The van der Waals surface area contributed by atoms with Gasteiger partial charge in [-0.1, -0.05) is 66.7 Å². The van der Waals surface area contributed by atoms with E-state index in [2.05, 4.69) is 48.5 Å². The van der Waals surface area contributed by atoms with Crippen molar-refractivity contribution >= 4 is 22.8 Å². The van der Waals surface area contributed by atoms with E-state index >= 15 is 0 Å². The van der Waals surface area contributed by atoms with Gasteiger partial charge in [-0.2, -0.15) is 0 Å². The second kappa shape index (κ2) is 6.92. The molecule has 5 rings (SSSR count). The highest BCUT2D eigenvalue weighted by Gasteiger charge is 2.42. The van der Waals surface area contributed by atoms with Crippen molar-refractivity contribution in [2.75, 3.05) is 13.1 Å². The first kappa shape index (κ1) is 17.2. The third-order valence-electron chi connectivity index (χ3n) is 6.12. The normalized spacial score (nSPS) is 18.1. The molecule has 3 nitrogen and oxygen atoms in total. The highest BCUT2D eigenvalue weighted by atomic mass is 16.5. The molecule has 140 valence electrons. The number of nitrogens with zero attached hydrogens (tertiary/aromatic N) is 1. The van der Waals surface area contributed by atoms with Crippen LogP contribution in [-0.4, -0.2) is 23.9 Å². The largest absolute Gasteiger partial charge is 0.365 e. The van der Waals surface area contributed by atoms with Crippen molar-refractivity contribution in [1.82, 2.24) is 4.90 Å². The zero-order valence-corrected chi connectivity index (χ0v) is 15.8. The van der Waals surface area contributed by atoms with Gasteiger partial charge in [-0.25, -0.2) is 0 Å². The van der Waals surface area contributed by atoms with Crippen LogP contribution < -0.4 is 0 Å². The lowest BCUT2D eigenvalue weighted by Gasteiger charge is -2.39. The van der Waals surface area contributed by atoms with Crippen LogP contribution in [0.15, 0.2) is 72.8 Å². The Balaban J connectivity index is 1.30. The Bertz CT molecular complexity index is 1060. The van der Waals surface area contributed by atoms with E-state index in [1.807, 2.05) is 29.2 Å². The molecule has 0 radical (unpaired) electrons. The summed E-state index contributed by atoms with van der Waals surface area (Å²) < 4.78 is 6.20. The summed E-state index contributed by atoms with van der Waals surface area (Å²) in [5.74, 6) is 0.0778. The highest BCUT2D eigenvalue weighted by molar-refractivity contribution is 5.96. The number of benzene rings is 3. The fourth-order valence-corrected chi connectivity index (χ4v) is 4.55. The summed E-state index contributed by atoms with van der Waals surface area (Å²) in [7, 11) is 0. The Morgan fingerprint density at radius 3 is 2.57 bits per heavy atom. The maximum atomic E-state index is 12.8. The van der Waals surface area contributed by atoms with E-state index in [0.717, 1.165) is 31.5 Å². The summed E-state index contributed by atoms with van der Waals surface area (Å²) in [5, 5.41) is 2.36. The van der Waals surface area contributed by atoms with Gasteiger partial charge in [-0.15, -0.1) is 0 Å². The Morgan fingerprint density at radius 1 is 0.929 bits per heavy atom. The van der Waals surface area contributed by atoms with E-state index < -0.39 is 0 Å². The first-order valence-electron chi connectivity index (χ1n) is 9.92. The number of carbonyl (C=O) groups is 1. The average Bonchev–Trinajstić information content (AvgIpc) is 3.11. The molecule has 0 atom stereocenters. The Hall–Kier alpha value is -2.91. The van der Waals surface area contributed by atoms with Gasteiger partial charge in [0, 0.05) is 19.2 Å². The molecule has 1 spiro atoms. The van der Waals surface area contributed by atoms with E-state index in [0.29, 0.717) is 6.61 Å². The Kier molecular flexibility index (Phi) is 4.25. The lowest BCUT2D eigenvalue weighted by Crippen LogP contribution is -2.44. The molecule has 1 saturated heterocycles. The minimum atomic E-state index is -0.202. The fourth-order valence-electron chi connectivity index (χ4n) is 4.55. The molecule has 3 aromatic rings. The molecule has 3 heteroatoms. The maximum absolute atomic E-state index is 12.8. The van der Waals surface area contributed by atoms with Gasteiger partial charge in [-0.05, 0) is 46.4 Å². The molecular formula is C25H23NO2. The van der Waals surface area contributed by atoms with Crippen molar-refractivity contribution in [3.05, 3.63) is 89.5 Å². The van der Waals surface area contributed by atoms with Crippen molar-refractivity contribution < 1.29 is 9.53 Å². The summed E-state index contributed by atoms with van der Waals surface area (Å²) in [6.07, 6.45) is 5.37. The van der Waals surface area contributed by atoms with Crippen LogP contribution in [0.25, 0.3) is 16.8 Å². The van der Waals surface area contributed by atoms with Crippen molar-refractivity contribution in [1.29, 1.82) is 0 Å². The second-order valence-electron chi connectivity index (χ2n) is 7.67. The predicted molar refractivity (Wildman–Crippen MR) is 112 cm³/mol. The van der Waals surface area contributed by atoms with Gasteiger partial charge in [-0.3, -0.25) is 4.79 Å². The molecular weight excluding hydrogens is 346 g/mol. The fraction of sp³-hybridized carbons (Fsp3) is 0.240. The van der Waals surface area contributed by atoms with Crippen LogP contribution in [0.2, 0.25) is 0 Å². The van der Waals surface area contributed by atoms with E-state index in [1.54, 1.807) is 6.08 Å². The second-order valence-corrected chi connectivity index (χ2v) is 7.67. The van der Waals surface area contributed by atoms with Crippen molar-refractivity contribution in [2.45, 2.75) is 25.0 Å². The molecule has 0 aromatic heterocycles. The molecule has 1 amide bonds. The van der Waals surface area contributed by atoms with Crippen LogP contribution >= 0.6 is 0 Å². The Labute approximate surface area is 165 Å². The summed E-state index contributed by atoms with van der Waals surface area (Å²) in [6.45, 7) is 2.14. The average molecular weight is 369 g/mol.